The van der Waals surface area contributed by atoms with E-state index in [9.17, 15) is 9.18 Å². The Balaban J connectivity index is 2.24. The van der Waals surface area contributed by atoms with Gasteiger partial charge >= 0.3 is 0 Å². The van der Waals surface area contributed by atoms with E-state index in [0.29, 0.717) is 15.1 Å². The highest BCUT2D eigenvalue weighted by atomic mass is 79.9. The summed E-state index contributed by atoms with van der Waals surface area (Å²) in [7, 11) is 0. The number of nitrogens with one attached hydrogen (secondary N) is 1. The molecule has 0 radical (unpaired) electrons. The summed E-state index contributed by atoms with van der Waals surface area (Å²) in [6, 6.07) is 5.54. The molecular formula is C12H7BrClFN2O. The second-order valence-electron chi connectivity index (χ2n) is 3.47. The highest BCUT2D eigenvalue weighted by molar-refractivity contribution is 9.10. The Bertz CT molecular complexity index is 606. The Morgan fingerprint density at radius 1 is 1.33 bits per heavy atom. The van der Waals surface area contributed by atoms with Gasteiger partial charge in [0, 0.05) is 21.9 Å². The van der Waals surface area contributed by atoms with Crippen molar-refractivity contribution in [3.05, 3.63) is 57.5 Å². The molecule has 0 fully saturated rings. The van der Waals surface area contributed by atoms with Crippen LogP contribution in [0.4, 0.5) is 10.1 Å². The van der Waals surface area contributed by atoms with Gasteiger partial charge in [-0.2, -0.15) is 0 Å². The minimum Gasteiger partial charge on any atom is -0.319 e. The van der Waals surface area contributed by atoms with Gasteiger partial charge in [0.15, 0.2) is 0 Å². The number of anilines is 1. The summed E-state index contributed by atoms with van der Waals surface area (Å²) in [5.41, 5.74) is 0.358. The number of rotatable bonds is 2. The van der Waals surface area contributed by atoms with Crippen molar-refractivity contribution < 1.29 is 9.18 Å². The fourth-order valence-corrected chi connectivity index (χ4v) is 1.86. The molecule has 92 valence electrons. The summed E-state index contributed by atoms with van der Waals surface area (Å²) >= 11 is 8.94. The highest BCUT2D eigenvalue weighted by Gasteiger charge is 2.10. The van der Waals surface area contributed by atoms with Gasteiger partial charge in [-0.25, -0.2) is 4.39 Å². The molecule has 0 saturated carbocycles. The summed E-state index contributed by atoms with van der Waals surface area (Å²) < 4.78 is 14.1. The number of carbonyl (C=O) groups excluding carboxylic acids is 1. The van der Waals surface area contributed by atoms with Crippen molar-refractivity contribution in [3.63, 3.8) is 0 Å². The number of pyridine rings is 1. The Hall–Kier alpha value is -1.46. The molecule has 1 amide bonds. The quantitative estimate of drug-likeness (QED) is 0.908. The standard InChI is InChI=1S/C12H7BrClFN2O/c13-8-3-7(5-16-6-8)12(18)17-11-4-9(14)1-2-10(11)15/h1-6H,(H,17,18). The zero-order chi connectivity index (χ0) is 13.1. The van der Waals surface area contributed by atoms with E-state index in [-0.39, 0.29) is 5.69 Å². The Morgan fingerprint density at radius 2 is 2.11 bits per heavy atom. The van der Waals surface area contributed by atoms with Gasteiger partial charge in [0.05, 0.1) is 11.3 Å². The average Bonchev–Trinajstić information content (AvgIpc) is 2.34. The summed E-state index contributed by atoms with van der Waals surface area (Å²) in [6.45, 7) is 0. The third kappa shape index (κ3) is 3.05. The summed E-state index contributed by atoms with van der Waals surface area (Å²) in [5.74, 6) is -0.999. The number of nitrogens with zero attached hydrogens (tertiary/aromatic N) is 1. The number of amides is 1. The Labute approximate surface area is 116 Å². The first-order chi connectivity index (χ1) is 8.56. The highest BCUT2D eigenvalue weighted by Crippen LogP contribution is 2.20. The zero-order valence-corrected chi connectivity index (χ0v) is 11.3. The minimum absolute atomic E-state index is 0.0347. The van der Waals surface area contributed by atoms with Gasteiger partial charge in [-0.05, 0) is 40.2 Å². The topological polar surface area (TPSA) is 42.0 Å². The monoisotopic (exact) mass is 328 g/mol. The molecule has 0 aliphatic heterocycles. The third-order valence-corrected chi connectivity index (χ3v) is 2.81. The van der Waals surface area contributed by atoms with Crippen molar-refractivity contribution in [2.24, 2.45) is 0 Å². The molecule has 0 atom stereocenters. The molecule has 0 bridgehead atoms. The van der Waals surface area contributed by atoms with E-state index in [1.807, 2.05) is 0 Å². The predicted octanol–water partition coefficient (Wildman–Crippen LogP) is 3.89. The maximum absolute atomic E-state index is 13.4. The van der Waals surface area contributed by atoms with Crippen molar-refractivity contribution >= 4 is 39.1 Å². The van der Waals surface area contributed by atoms with E-state index in [1.165, 1.54) is 24.4 Å². The van der Waals surface area contributed by atoms with Crippen molar-refractivity contribution in [1.82, 2.24) is 4.98 Å². The number of benzene rings is 1. The van der Waals surface area contributed by atoms with E-state index >= 15 is 0 Å². The second kappa shape index (κ2) is 5.46. The van der Waals surface area contributed by atoms with E-state index in [2.05, 4.69) is 26.2 Å². The van der Waals surface area contributed by atoms with Gasteiger partial charge in [-0.15, -0.1) is 0 Å². The fraction of sp³-hybridized carbons (Fsp3) is 0. The maximum atomic E-state index is 13.4. The van der Waals surface area contributed by atoms with E-state index in [0.717, 1.165) is 0 Å². The first kappa shape index (κ1) is 13.0. The number of hydrogen-bond acceptors (Lipinski definition) is 2. The van der Waals surface area contributed by atoms with Crippen molar-refractivity contribution in [3.8, 4) is 0 Å². The molecule has 0 unspecified atom stereocenters. The van der Waals surface area contributed by atoms with E-state index in [4.69, 9.17) is 11.6 Å². The van der Waals surface area contributed by atoms with Crippen LogP contribution < -0.4 is 5.32 Å². The molecule has 2 aromatic rings. The smallest absolute Gasteiger partial charge is 0.257 e. The Kier molecular flexibility index (Phi) is 3.93. The molecule has 0 aliphatic rings. The van der Waals surface area contributed by atoms with Crippen LogP contribution in [0.5, 0.6) is 0 Å². The molecule has 2 rings (SSSR count). The molecule has 18 heavy (non-hydrogen) atoms. The van der Waals surface area contributed by atoms with Gasteiger partial charge in [0.1, 0.15) is 5.82 Å². The third-order valence-electron chi connectivity index (χ3n) is 2.14. The molecular weight excluding hydrogens is 322 g/mol. The van der Waals surface area contributed by atoms with Crippen LogP contribution in [0.1, 0.15) is 10.4 Å². The van der Waals surface area contributed by atoms with Crippen LogP contribution in [-0.4, -0.2) is 10.9 Å². The first-order valence-corrected chi connectivity index (χ1v) is 6.10. The van der Waals surface area contributed by atoms with Gasteiger partial charge < -0.3 is 5.32 Å². The summed E-state index contributed by atoms with van der Waals surface area (Å²) in [4.78, 5) is 15.7. The van der Waals surface area contributed by atoms with Crippen molar-refractivity contribution in [2.75, 3.05) is 5.32 Å². The lowest BCUT2D eigenvalue weighted by molar-refractivity contribution is 0.102. The molecule has 1 N–H and O–H groups in total. The van der Waals surface area contributed by atoms with Crippen LogP contribution in [0.15, 0.2) is 41.1 Å². The van der Waals surface area contributed by atoms with Gasteiger partial charge in [-0.1, -0.05) is 11.6 Å². The molecule has 0 aliphatic carbocycles. The lowest BCUT2D eigenvalue weighted by atomic mass is 10.2. The number of aromatic nitrogens is 1. The molecule has 1 aromatic carbocycles. The summed E-state index contributed by atoms with van der Waals surface area (Å²) in [6.07, 6.45) is 2.94. The normalized spacial score (nSPS) is 10.2. The first-order valence-electron chi connectivity index (χ1n) is 4.93. The molecule has 3 nitrogen and oxygen atoms in total. The van der Waals surface area contributed by atoms with Gasteiger partial charge in [0.25, 0.3) is 5.91 Å². The van der Waals surface area contributed by atoms with Crippen LogP contribution in [0.25, 0.3) is 0 Å². The zero-order valence-electron chi connectivity index (χ0n) is 8.95. The van der Waals surface area contributed by atoms with Gasteiger partial charge in [-0.3, -0.25) is 9.78 Å². The molecule has 0 spiro atoms. The molecule has 0 saturated heterocycles. The largest absolute Gasteiger partial charge is 0.319 e. The van der Waals surface area contributed by atoms with Crippen LogP contribution in [0.2, 0.25) is 5.02 Å². The predicted molar refractivity (Wildman–Crippen MR) is 71.3 cm³/mol. The van der Waals surface area contributed by atoms with Crippen LogP contribution in [0, 0.1) is 5.82 Å². The molecule has 1 heterocycles. The molecule has 1 aromatic heterocycles. The molecule has 6 heteroatoms. The van der Waals surface area contributed by atoms with E-state index < -0.39 is 11.7 Å². The van der Waals surface area contributed by atoms with E-state index in [1.54, 1.807) is 12.3 Å². The second-order valence-corrected chi connectivity index (χ2v) is 4.82. The van der Waals surface area contributed by atoms with Crippen molar-refractivity contribution in [1.29, 1.82) is 0 Å². The lowest BCUT2D eigenvalue weighted by Crippen LogP contribution is -2.13. The minimum atomic E-state index is -0.546. The fourth-order valence-electron chi connectivity index (χ4n) is 1.32. The lowest BCUT2D eigenvalue weighted by Gasteiger charge is -2.06. The number of carbonyl (C=O) groups is 1. The summed E-state index contributed by atoms with van der Waals surface area (Å²) in [5, 5.41) is 2.78. The van der Waals surface area contributed by atoms with Crippen LogP contribution >= 0.6 is 27.5 Å². The van der Waals surface area contributed by atoms with Gasteiger partial charge in [0.2, 0.25) is 0 Å². The Morgan fingerprint density at radius 3 is 2.83 bits per heavy atom. The van der Waals surface area contributed by atoms with Crippen LogP contribution in [0.3, 0.4) is 0 Å². The van der Waals surface area contributed by atoms with Crippen LogP contribution in [-0.2, 0) is 0 Å². The SMILES string of the molecule is O=C(Nc1cc(Cl)ccc1F)c1cncc(Br)c1. The maximum Gasteiger partial charge on any atom is 0.257 e. The van der Waals surface area contributed by atoms with Crippen molar-refractivity contribution in [2.45, 2.75) is 0 Å². The average molecular weight is 330 g/mol. The number of hydrogen-bond donors (Lipinski definition) is 1. The number of halogens is 3.